The molecule has 0 aliphatic carbocycles. The number of ether oxygens (including phenoxy) is 1. The molecular weight excluding hydrogens is 282 g/mol. The number of amides is 3. The van der Waals surface area contributed by atoms with Crippen LogP contribution in [-0.2, 0) is 9.53 Å². The summed E-state index contributed by atoms with van der Waals surface area (Å²) in [5.74, 6) is -0.101. The van der Waals surface area contributed by atoms with Crippen LogP contribution in [0.5, 0.6) is 0 Å². The Labute approximate surface area is 130 Å². The molecule has 0 radical (unpaired) electrons. The molecule has 2 rings (SSSR count). The maximum absolute atomic E-state index is 11.8. The van der Waals surface area contributed by atoms with Crippen LogP contribution in [0.1, 0.15) is 26.7 Å². The van der Waals surface area contributed by atoms with Crippen molar-refractivity contribution in [1.29, 1.82) is 0 Å². The van der Waals surface area contributed by atoms with Crippen LogP contribution in [0.25, 0.3) is 0 Å². The Morgan fingerprint density at radius 2 is 1.82 bits per heavy atom. The van der Waals surface area contributed by atoms with Gasteiger partial charge in [0.2, 0.25) is 5.91 Å². The zero-order valence-corrected chi connectivity index (χ0v) is 13.0. The molecule has 0 aromatic heterocycles. The number of urea groups is 1. The zero-order valence-electron chi connectivity index (χ0n) is 13.0. The fraction of sp³-hybridized carbons (Fsp3) is 0.500. The first-order chi connectivity index (χ1) is 10.5. The molecule has 1 atom stereocenters. The van der Waals surface area contributed by atoms with Crippen molar-refractivity contribution in [2.75, 3.05) is 23.8 Å². The van der Waals surface area contributed by atoms with Gasteiger partial charge in [0.05, 0.1) is 6.10 Å². The summed E-state index contributed by atoms with van der Waals surface area (Å²) in [4.78, 5) is 23.4. The third-order valence-electron chi connectivity index (χ3n) is 3.45. The van der Waals surface area contributed by atoms with Crippen molar-refractivity contribution in [2.45, 2.75) is 32.8 Å². The van der Waals surface area contributed by atoms with Crippen LogP contribution in [-0.4, -0.2) is 31.2 Å². The van der Waals surface area contributed by atoms with Crippen molar-refractivity contribution in [3.05, 3.63) is 24.3 Å². The molecule has 1 fully saturated rings. The van der Waals surface area contributed by atoms with Gasteiger partial charge in [0, 0.05) is 30.4 Å². The van der Waals surface area contributed by atoms with E-state index in [9.17, 15) is 9.59 Å². The van der Waals surface area contributed by atoms with Gasteiger partial charge in [0.15, 0.2) is 0 Å². The molecular formula is C16H23N3O3. The van der Waals surface area contributed by atoms with Crippen LogP contribution in [0.15, 0.2) is 24.3 Å². The lowest BCUT2D eigenvalue weighted by Gasteiger charge is -2.12. The number of rotatable bonds is 5. The van der Waals surface area contributed by atoms with E-state index in [2.05, 4.69) is 16.0 Å². The normalized spacial score (nSPS) is 17.3. The van der Waals surface area contributed by atoms with Gasteiger partial charge >= 0.3 is 6.03 Å². The second-order valence-electron chi connectivity index (χ2n) is 5.69. The van der Waals surface area contributed by atoms with Crippen LogP contribution >= 0.6 is 0 Å². The fourth-order valence-corrected chi connectivity index (χ4v) is 2.11. The quantitative estimate of drug-likeness (QED) is 0.782. The van der Waals surface area contributed by atoms with E-state index in [4.69, 9.17) is 4.74 Å². The summed E-state index contributed by atoms with van der Waals surface area (Å²) in [7, 11) is 0. The van der Waals surface area contributed by atoms with E-state index in [0.717, 1.165) is 19.4 Å². The predicted octanol–water partition coefficient (Wildman–Crippen LogP) is 2.58. The second-order valence-corrected chi connectivity index (χ2v) is 5.69. The Morgan fingerprint density at radius 1 is 1.18 bits per heavy atom. The predicted molar refractivity (Wildman–Crippen MR) is 85.9 cm³/mol. The topological polar surface area (TPSA) is 79.5 Å². The zero-order chi connectivity index (χ0) is 15.9. The molecule has 3 amide bonds. The first-order valence-electron chi connectivity index (χ1n) is 7.62. The molecule has 1 aromatic carbocycles. The molecule has 22 heavy (non-hydrogen) atoms. The lowest BCUT2D eigenvalue weighted by atomic mass is 10.2. The van der Waals surface area contributed by atoms with Gasteiger partial charge in [-0.3, -0.25) is 4.79 Å². The molecule has 120 valence electrons. The Kier molecular flexibility index (Phi) is 5.77. The van der Waals surface area contributed by atoms with E-state index in [1.807, 2.05) is 13.8 Å². The number of hydrogen-bond donors (Lipinski definition) is 3. The van der Waals surface area contributed by atoms with Gasteiger partial charge in [0.1, 0.15) is 0 Å². The highest BCUT2D eigenvalue weighted by molar-refractivity contribution is 5.93. The van der Waals surface area contributed by atoms with Crippen LogP contribution in [0, 0.1) is 5.92 Å². The van der Waals surface area contributed by atoms with Crippen LogP contribution < -0.4 is 16.0 Å². The van der Waals surface area contributed by atoms with Gasteiger partial charge < -0.3 is 20.7 Å². The standard InChI is InChI=1S/C16H23N3O3/c1-11(2)15(20)18-12-5-7-13(8-6-12)19-16(21)17-10-14-4-3-9-22-14/h5-8,11,14H,3-4,9-10H2,1-2H3,(H,18,20)(H2,17,19,21). The van der Waals surface area contributed by atoms with Crippen LogP contribution in [0.3, 0.4) is 0 Å². The Bertz CT molecular complexity index is 508. The highest BCUT2D eigenvalue weighted by atomic mass is 16.5. The maximum atomic E-state index is 11.8. The molecule has 0 saturated carbocycles. The van der Waals surface area contributed by atoms with Crippen molar-refractivity contribution >= 4 is 23.3 Å². The molecule has 1 saturated heterocycles. The smallest absolute Gasteiger partial charge is 0.319 e. The molecule has 1 aromatic rings. The lowest BCUT2D eigenvalue weighted by Crippen LogP contribution is -2.35. The molecule has 3 N–H and O–H groups in total. The van der Waals surface area contributed by atoms with Gasteiger partial charge in [-0.1, -0.05) is 13.8 Å². The molecule has 6 nitrogen and oxygen atoms in total. The number of nitrogens with one attached hydrogen (secondary N) is 3. The van der Waals surface area contributed by atoms with E-state index in [1.54, 1.807) is 24.3 Å². The number of anilines is 2. The summed E-state index contributed by atoms with van der Waals surface area (Å²) in [6.07, 6.45) is 2.17. The summed E-state index contributed by atoms with van der Waals surface area (Å²) in [5.41, 5.74) is 1.39. The SMILES string of the molecule is CC(C)C(=O)Nc1ccc(NC(=O)NCC2CCCO2)cc1. The van der Waals surface area contributed by atoms with Crippen molar-refractivity contribution in [2.24, 2.45) is 5.92 Å². The first-order valence-corrected chi connectivity index (χ1v) is 7.62. The van der Waals surface area contributed by atoms with Crippen molar-refractivity contribution in [1.82, 2.24) is 5.32 Å². The summed E-state index contributed by atoms with van der Waals surface area (Å²) >= 11 is 0. The number of carbonyl (C=O) groups is 2. The Hall–Kier alpha value is -2.08. The highest BCUT2D eigenvalue weighted by Crippen LogP contribution is 2.14. The summed E-state index contributed by atoms with van der Waals surface area (Å²) in [5, 5.41) is 8.34. The first kappa shape index (κ1) is 16.3. The third-order valence-corrected chi connectivity index (χ3v) is 3.45. The largest absolute Gasteiger partial charge is 0.376 e. The van der Waals surface area contributed by atoms with E-state index in [-0.39, 0.29) is 24.0 Å². The summed E-state index contributed by atoms with van der Waals surface area (Å²) in [6.45, 7) is 4.97. The van der Waals surface area contributed by atoms with Gasteiger partial charge in [-0.15, -0.1) is 0 Å². The minimum absolute atomic E-state index is 0.0324. The van der Waals surface area contributed by atoms with E-state index in [0.29, 0.717) is 17.9 Å². The van der Waals surface area contributed by atoms with Crippen molar-refractivity contribution < 1.29 is 14.3 Å². The molecule has 6 heteroatoms. The van der Waals surface area contributed by atoms with Gasteiger partial charge in [0.25, 0.3) is 0 Å². The van der Waals surface area contributed by atoms with E-state index in [1.165, 1.54) is 0 Å². The van der Waals surface area contributed by atoms with Crippen molar-refractivity contribution in [3.63, 3.8) is 0 Å². The second kappa shape index (κ2) is 7.79. The fourth-order valence-electron chi connectivity index (χ4n) is 2.11. The minimum atomic E-state index is -0.255. The average molecular weight is 305 g/mol. The number of carbonyl (C=O) groups excluding carboxylic acids is 2. The summed E-state index contributed by atoms with van der Waals surface area (Å²) in [6, 6.07) is 6.77. The van der Waals surface area contributed by atoms with Gasteiger partial charge in [-0.25, -0.2) is 4.79 Å². The molecule has 0 bridgehead atoms. The van der Waals surface area contributed by atoms with Crippen LogP contribution in [0.4, 0.5) is 16.2 Å². The maximum Gasteiger partial charge on any atom is 0.319 e. The molecule has 1 aliphatic rings. The summed E-state index contributed by atoms with van der Waals surface area (Å²) < 4.78 is 5.44. The molecule has 1 aliphatic heterocycles. The van der Waals surface area contributed by atoms with Gasteiger partial charge in [-0.2, -0.15) is 0 Å². The minimum Gasteiger partial charge on any atom is -0.376 e. The van der Waals surface area contributed by atoms with E-state index < -0.39 is 0 Å². The Balaban J connectivity index is 1.77. The molecule has 0 spiro atoms. The molecule has 1 heterocycles. The highest BCUT2D eigenvalue weighted by Gasteiger charge is 2.16. The third kappa shape index (κ3) is 5.04. The van der Waals surface area contributed by atoms with E-state index >= 15 is 0 Å². The van der Waals surface area contributed by atoms with Gasteiger partial charge in [-0.05, 0) is 37.1 Å². The molecule has 1 unspecified atom stereocenters. The number of hydrogen-bond acceptors (Lipinski definition) is 3. The van der Waals surface area contributed by atoms with Crippen molar-refractivity contribution in [3.8, 4) is 0 Å². The number of benzene rings is 1. The van der Waals surface area contributed by atoms with Crippen LogP contribution in [0.2, 0.25) is 0 Å². The monoisotopic (exact) mass is 305 g/mol. The Morgan fingerprint density at radius 3 is 2.36 bits per heavy atom. The lowest BCUT2D eigenvalue weighted by molar-refractivity contribution is -0.118. The average Bonchev–Trinajstić information content (AvgIpc) is 3.00.